The van der Waals surface area contributed by atoms with Crippen LogP contribution in [0.2, 0.25) is 0 Å². The Labute approximate surface area is 163 Å². The van der Waals surface area contributed by atoms with Crippen molar-refractivity contribution in [1.82, 2.24) is 25.1 Å². The maximum atomic E-state index is 12.6. The lowest BCUT2D eigenvalue weighted by Gasteiger charge is -2.32. The molecule has 28 heavy (non-hydrogen) atoms. The zero-order valence-electron chi connectivity index (χ0n) is 16.1. The van der Waals surface area contributed by atoms with Crippen LogP contribution in [0, 0.1) is 19.8 Å². The normalized spacial score (nSPS) is 16.9. The molecule has 4 heterocycles. The first-order valence-electron chi connectivity index (χ1n) is 9.51. The number of anilines is 1. The average Bonchev–Trinajstić information content (AvgIpc) is 3.35. The van der Waals surface area contributed by atoms with Gasteiger partial charge in [-0.2, -0.15) is 5.10 Å². The van der Waals surface area contributed by atoms with E-state index in [-0.39, 0.29) is 11.8 Å². The lowest BCUT2D eigenvalue weighted by atomic mass is 9.97. The molecular weight excluding hydrogens is 356 g/mol. The minimum atomic E-state index is -0.0733. The molecule has 0 saturated carbocycles. The van der Waals surface area contributed by atoms with Gasteiger partial charge in [0.05, 0.1) is 24.4 Å². The summed E-state index contributed by atoms with van der Waals surface area (Å²) in [6.07, 6.45) is 4.98. The second-order valence-corrected chi connectivity index (χ2v) is 7.16. The summed E-state index contributed by atoms with van der Waals surface area (Å²) in [4.78, 5) is 23.5. The van der Waals surface area contributed by atoms with Crippen LogP contribution >= 0.6 is 0 Å². The van der Waals surface area contributed by atoms with Crippen LogP contribution in [-0.4, -0.2) is 38.7 Å². The Hall–Kier alpha value is -3.16. The van der Waals surface area contributed by atoms with E-state index < -0.39 is 0 Å². The second kappa shape index (κ2) is 7.84. The number of hydrogen-bond acceptors (Lipinski definition) is 6. The number of aryl methyl sites for hydroxylation is 2. The van der Waals surface area contributed by atoms with Gasteiger partial charge in [0.15, 0.2) is 5.82 Å². The number of rotatable bonds is 5. The molecule has 1 fully saturated rings. The van der Waals surface area contributed by atoms with Crippen molar-refractivity contribution in [2.45, 2.75) is 33.2 Å². The monoisotopic (exact) mass is 380 g/mol. The molecule has 0 radical (unpaired) electrons. The third-order valence-corrected chi connectivity index (χ3v) is 5.00. The summed E-state index contributed by atoms with van der Waals surface area (Å²) in [5, 5.41) is 7.46. The van der Waals surface area contributed by atoms with E-state index in [1.165, 1.54) is 0 Å². The Morgan fingerprint density at radius 3 is 2.89 bits per heavy atom. The number of furan rings is 1. The molecule has 1 aliphatic heterocycles. The van der Waals surface area contributed by atoms with Gasteiger partial charge in [0.1, 0.15) is 17.9 Å². The highest BCUT2D eigenvalue weighted by Gasteiger charge is 2.27. The van der Waals surface area contributed by atoms with Gasteiger partial charge in [0.25, 0.3) is 0 Å². The summed E-state index contributed by atoms with van der Waals surface area (Å²) < 4.78 is 7.10. The molecule has 8 nitrogen and oxygen atoms in total. The van der Waals surface area contributed by atoms with Crippen LogP contribution in [0.15, 0.2) is 41.3 Å². The molecule has 1 aliphatic rings. The van der Waals surface area contributed by atoms with Gasteiger partial charge in [-0.1, -0.05) is 0 Å². The number of piperidine rings is 1. The highest BCUT2D eigenvalue weighted by molar-refractivity contribution is 5.79. The number of carbonyl (C=O) groups is 1. The van der Waals surface area contributed by atoms with Crippen LogP contribution in [0.4, 0.5) is 5.82 Å². The Morgan fingerprint density at radius 2 is 2.14 bits per heavy atom. The highest BCUT2D eigenvalue weighted by Crippen LogP contribution is 2.23. The molecular formula is C20H24N6O2. The maximum Gasteiger partial charge on any atom is 0.225 e. The van der Waals surface area contributed by atoms with E-state index in [1.54, 1.807) is 12.6 Å². The van der Waals surface area contributed by atoms with Crippen LogP contribution in [0.5, 0.6) is 0 Å². The molecule has 0 aliphatic carbocycles. The molecule has 1 atom stereocenters. The molecule has 1 unspecified atom stereocenters. The van der Waals surface area contributed by atoms with Crippen molar-refractivity contribution in [3.05, 3.63) is 54.0 Å². The van der Waals surface area contributed by atoms with Crippen LogP contribution < -0.4 is 10.2 Å². The van der Waals surface area contributed by atoms with Gasteiger partial charge < -0.3 is 14.6 Å². The minimum Gasteiger partial charge on any atom is -0.467 e. The zero-order valence-corrected chi connectivity index (χ0v) is 16.1. The van der Waals surface area contributed by atoms with Gasteiger partial charge in [-0.3, -0.25) is 4.79 Å². The summed E-state index contributed by atoms with van der Waals surface area (Å²) in [5.41, 5.74) is 1.97. The fraction of sp³-hybridized carbons (Fsp3) is 0.400. The third-order valence-electron chi connectivity index (χ3n) is 5.00. The predicted molar refractivity (Wildman–Crippen MR) is 104 cm³/mol. The van der Waals surface area contributed by atoms with Crippen molar-refractivity contribution in [2.24, 2.45) is 5.92 Å². The molecule has 146 valence electrons. The third kappa shape index (κ3) is 3.90. The molecule has 8 heteroatoms. The largest absolute Gasteiger partial charge is 0.467 e. The molecule has 0 bridgehead atoms. The summed E-state index contributed by atoms with van der Waals surface area (Å²) >= 11 is 0. The molecule has 0 spiro atoms. The predicted octanol–water partition coefficient (Wildman–Crippen LogP) is 2.40. The number of nitrogens with one attached hydrogen (secondary N) is 1. The molecule has 3 aromatic heterocycles. The Balaban J connectivity index is 1.45. The number of carbonyl (C=O) groups excluding carboxylic acids is 1. The molecule has 4 rings (SSSR count). The van der Waals surface area contributed by atoms with E-state index in [4.69, 9.17) is 4.42 Å². The summed E-state index contributed by atoms with van der Waals surface area (Å²) in [5.74, 6) is 2.29. The summed E-state index contributed by atoms with van der Waals surface area (Å²) in [7, 11) is 0. The van der Waals surface area contributed by atoms with E-state index in [9.17, 15) is 4.79 Å². The maximum absolute atomic E-state index is 12.6. The van der Waals surface area contributed by atoms with Gasteiger partial charge >= 0.3 is 0 Å². The number of nitrogens with zero attached hydrogens (tertiary/aromatic N) is 5. The zero-order chi connectivity index (χ0) is 19.5. The first kappa shape index (κ1) is 18.2. The smallest absolute Gasteiger partial charge is 0.225 e. The van der Waals surface area contributed by atoms with Crippen molar-refractivity contribution in [2.75, 3.05) is 18.0 Å². The lowest BCUT2D eigenvalue weighted by Crippen LogP contribution is -2.43. The second-order valence-electron chi connectivity index (χ2n) is 7.16. The first-order valence-corrected chi connectivity index (χ1v) is 9.51. The van der Waals surface area contributed by atoms with E-state index in [2.05, 4.69) is 25.3 Å². The number of hydrogen-bond donors (Lipinski definition) is 1. The number of aromatic nitrogens is 4. The molecule has 0 aromatic carbocycles. The van der Waals surface area contributed by atoms with Crippen LogP contribution in [0.1, 0.15) is 30.0 Å². The van der Waals surface area contributed by atoms with E-state index >= 15 is 0 Å². The van der Waals surface area contributed by atoms with Crippen molar-refractivity contribution in [1.29, 1.82) is 0 Å². The average molecular weight is 380 g/mol. The van der Waals surface area contributed by atoms with Crippen molar-refractivity contribution >= 4 is 11.7 Å². The van der Waals surface area contributed by atoms with Gasteiger partial charge in [-0.05, 0) is 44.9 Å². The first-order chi connectivity index (χ1) is 13.6. The summed E-state index contributed by atoms with van der Waals surface area (Å²) in [6, 6.07) is 7.62. The van der Waals surface area contributed by atoms with Crippen LogP contribution in [0.25, 0.3) is 5.82 Å². The molecule has 1 N–H and O–H groups in total. The van der Waals surface area contributed by atoms with Gasteiger partial charge in [-0.15, -0.1) is 0 Å². The Morgan fingerprint density at radius 1 is 1.29 bits per heavy atom. The van der Waals surface area contributed by atoms with Crippen molar-refractivity contribution in [3.63, 3.8) is 0 Å². The van der Waals surface area contributed by atoms with Crippen LogP contribution in [-0.2, 0) is 11.3 Å². The number of amides is 1. The highest BCUT2D eigenvalue weighted by atomic mass is 16.3. The minimum absolute atomic E-state index is 0.0499. The summed E-state index contributed by atoms with van der Waals surface area (Å²) in [6.45, 7) is 5.88. The van der Waals surface area contributed by atoms with Gasteiger partial charge in [0.2, 0.25) is 5.91 Å². The van der Waals surface area contributed by atoms with E-state index in [1.807, 2.05) is 42.8 Å². The topological polar surface area (TPSA) is 89.1 Å². The Bertz CT molecular complexity index is 950. The molecule has 1 amide bonds. The fourth-order valence-electron chi connectivity index (χ4n) is 3.62. The standard InChI is InChI=1S/C20H24N6O2/c1-14-9-15(2)26(24-14)19-10-18(22-13-23-19)25-7-3-5-16(12-25)20(27)21-11-17-6-4-8-28-17/h4,6,8-10,13,16H,3,5,7,11-12H2,1-2H3,(H,21,27). The quantitative estimate of drug-likeness (QED) is 0.731. The van der Waals surface area contributed by atoms with E-state index in [0.717, 1.165) is 48.2 Å². The fourth-order valence-corrected chi connectivity index (χ4v) is 3.62. The lowest BCUT2D eigenvalue weighted by molar-refractivity contribution is -0.125. The van der Waals surface area contributed by atoms with Gasteiger partial charge in [0, 0.05) is 24.8 Å². The van der Waals surface area contributed by atoms with Crippen molar-refractivity contribution in [3.8, 4) is 5.82 Å². The van der Waals surface area contributed by atoms with E-state index in [0.29, 0.717) is 13.1 Å². The SMILES string of the molecule is Cc1cc(C)n(-c2cc(N3CCCC(C(=O)NCc4ccco4)C3)ncn2)n1. The molecule has 1 saturated heterocycles. The van der Waals surface area contributed by atoms with Gasteiger partial charge in [-0.25, -0.2) is 14.6 Å². The molecule has 3 aromatic rings. The van der Waals surface area contributed by atoms with Crippen LogP contribution in [0.3, 0.4) is 0 Å². The van der Waals surface area contributed by atoms with Crippen molar-refractivity contribution < 1.29 is 9.21 Å². The Kier molecular flexibility index (Phi) is 5.10.